The number of nitrogens with one attached hydrogen (secondary N) is 1. The molecule has 1 amide bonds. The fourth-order valence-electron chi connectivity index (χ4n) is 2.35. The van der Waals surface area contributed by atoms with E-state index in [2.05, 4.69) is 33.0 Å². The first-order valence-electron chi connectivity index (χ1n) is 9.19. The van der Waals surface area contributed by atoms with Crippen LogP contribution in [0.2, 0.25) is 0 Å². The fraction of sp³-hybridized carbons (Fsp3) is 0.632. The monoisotopic (exact) mass is 383 g/mol. The maximum atomic E-state index is 12.9. The lowest BCUT2D eigenvalue weighted by Crippen LogP contribution is -2.46. The molecule has 0 radical (unpaired) electrons. The average molecular weight is 384 g/mol. The van der Waals surface area contributed by atoms with Gasteiger partial charge >= 0.3 is 0 Å². The quantitative estimate of drug-likeness (QED) is 0.638. The highest BCUT2D eigenvalue weighted by Crippen LogP contribution is 2.14. The second-order valence-electron chi connectivity index (χ2n) is 7.44. The van der Waals surface area contributed by atoms with Crippen LogP contribution in [0, 0.1) is 11.8 Å². The fourth-order valence-corrected chi connectivity index (χ4v) is 3.70. The van der Waals surface area contributed by atoms with Crippen molar-refractivity contribution in [1.29, 1.82) is 0 Å². The number of amides is 1. The topological polar surface area (TPSA) is 69.7 Å². The van der Waals surface area contributed by atoms with Crippen molar-refractivity contribution >= 4 is 21.8 Å². The Bertz CT molecular complexity index is 633. The highest BCUT2D eigenvalue weighted by Gasteiger charge is 2.28. The normalized spacial score (nSPS) is 12.3. The molecule has 1 aromatic rings. The molecule has 7 heteroatoms. The van der Waals surface area contributed by atoms with Crippen LogP contribution in [-0.4, -0.2) is 49.6 Å². The molecule has 6 nitrogen and oxygen atoms in total. The number of hydrogen-bond donors (Lipinski definition) is 1. The largest absolute Gasteiger partial charge is 0.325 e. The van der Waals surface area contributed by atoms with Gasteiger partial charge in [-0.15, -0.1) is 0 Å². The number of carbonyl (C=O) groups excluding carboxylic acids is 1. The molecule has 0 aromatic heterocycles. The highest BCUT2D eigenvalue weighted by molar-refractivity contribution is 7.86. The molecule has 0 unspecified atom stereocenters. The number of rotatable bonds is 11. The zero-order valence-corrected chi connectivity index (χ0v) is 17.4. The van der Waals surface area contributed by atoms with E-state index in [1.165, 1.54) is 11.4 Å². The number of anilines is 1. The van der Waals surface area contributed by atoms with E-state index < -0.39 is 10.2 Å². The minimum Gasteiger partial charge on any atom is -0.325 e. The minimum absolute atomic E-state index is 0.211. The minimum atomic E-state index is -3.67. The Labute approximate surface area is 158 Å². The molecule has 0 atom stereocenters. The Morgan fingerprint density at radius 2 is 1.50 bits per heavy atom. The molecule has 0 fully saturated rings. The Balaban J connectivity index is 2.75. The molecule has 1 N–H and O–H groups in total. The van der Waals surface area contributed by atoms with Gasteiger partial charge in [-0.05, 0) is 36.8 Å². The SMILES string of the molecule is CC(C)CCN(CCC(C)C)S(=O)(=O)N(C)CC(=O)Nc1ccccc1. The molecule has 0 saturated carbocycles. The third-order valence-corrected chi connectivity index (χ3v) is 5.99. The Morgan fingerprint density at radius 3 is 1.96 bits per heavy atom. The van der Waals surface area contributed by atoms with E-state index >= 15 is 0 Å². The number of carbonyl (C=O) groups is 1. The van der Waals surface area contributed by atoms with Crippen molar-refractivity contribution in [3.63, 3.8) is 0 Å². The van der Waals surface area contributed by atoms with Crippen molar-refractivity contribution in [2.75, 3.05) is 32.0 Å². The molecule has 0 aliphatic heterocycles. The summed E-state index contributed by atoms with van der Waals surface area (Å²) >= 11 is 0. The van der Waals surface area contributed by atoms with Crippen molar-refractivity contribution in [3.05, 3.63) is 30.3 Å². The second kappa shape index (κ2) is 10.6. The van der Waals surface area contributed by atoms with E-state index in [1.54, 1.807) is 12.1 Å². The molecule has 0 aliphatic rings. The van der Waals surface area contributed by atoms with Gasteiger partial charge in [0, 0.05) is 25.8 Å². The Hall–Kier alpha value is -1.44. The number of benzene rings is 1. The smallest absolute Gasteiger partial charge is 0.282 e. The molecular weight excluding hydrogens is 350 g/mol. The maximum absolute atomic E-state index is 12.9. The van der Waals surface area contributed by atoms with Crippen LogP contribution in [-0.2, 0) is 15.0 Å². The zero-order chi connectivity index (χ0) is 19.7. The third-order valence-electron chi connectivity index (χ3n) is 4.06. The van der Waals surface area contributed by atoms with Gasteiger partial charge < -0.3 is 5.32 Å². The van der Waals surface area contributed by atoms with Crippen LogP contribution in [0.5, 0.6) is 0 Å². The van der Waals surface area contributed by atoms with Gasteiger partial charge in [0.05, 0.1) is 6.54 Å². The van der Waals surface area contributed by atoms with Gasteiger partial charge in [-0.3, -0.25) is 4.79 Å². The predicted octanol–water partition coefficient (Wildman–Crippen LogP) is 3.20. The van der Waals surface area contributed by atoms with Gasteiger partial charge in [-0.25, -0.2) is 0 Å². The predicted molar refractivity (Wildman–Crippen MR) is 107 cm³/mol. The number of para-hydroxylation sites is 1. The molecule has 148 valence electrons. The summed E-state index contributed by atoms with van der Waals surface area (Å²) < 4.78 is 28.5. The van der Waals surface area contributed by atoms with E-state index in [-0.39, 0.29) is 12.5 Å². The van der Waals surface area contributed by atoms with Crippen molar-refractivity contribution in [1.82, 2.24) is 8.61 Å². The first-order chi connectivity index (χ1) is 12.1. The summed E-state index contributed by atoms with van der Waals surface area (Å²) in [6.07, 6.45) is 1.59. The molecule has 1 aromatic carbocycles. The van der Waals surface area contributed by atoms with Crippen LogP contribution < -0.4 is 5.32 Å². The van der Waals surface area contributed by atoms with Gasteiger partial charge in [0.1, 0.15) is 0 Å². The average Bonchev–Trinajstić information content (AvgIpc) is 2.54. The van der Waals surface area contributed by atoms with Gasteiger partial charge in [0.15, 0.2) is 0 Å². The van der Waals surface area contributed by atoms with Crippen molar-refractivity contribution in [3.8, 4) is 0 Å². The molecule has 1 rings (SSSR count). The summed E-state index contributed by atoms with van der Waals surface area (Å²) in [5.74, 6) is 0.479. The molecular formula is C19H33N3O3S. The first-order valence-corrected chi connectivity index (χ1v) is 10.6. The van der Waals surface area contributed by atoms with E-state index in [9.17, 15) is 13.2 Å². The summed E-state index contributed by atoms with van der Waals surface area (Å²) in [5.41, 5.74) is 0.653. The summed E-state index contributed by atoms with van der Waals surface area (Å²) in [4.78, 5) is 12.2. The summed E-state index contributed by atoms with van der Waals surface area (Å²) in [7, 11) is -2.22. The van der Waals surface area contributed by atoms with Gasteiger partial charge in [0.25, 0.3) is 10.2 Å². The van der Waals surface area contributed by atoms with Crippen molar-refractivity contribution < 1.29 is 13.2 Å². The first kappa shape index (κ1) is 22.6. The molecule has 0 aliphatic carbocycles. The van der Waals surface area contributed by atoms with Crippen molar-refractivity contribution in [2.24, 2.45) is 11.8 Å². The summed E-state index contributed by atoms with van der Waals surface area (Å²) in [6, 6.07) is 9.02. The van der Waals surface area contributed by atoms with Crippen molar-refractivity contribution in [2.45, 2.75) is 40.5 Å². The molecule has 26 heavy (non-hydrogen) atoms. The van der Waals surface area contributed by atoms with Gasteiger partial charge in [-0.1, -0.05) is 45.9 Å². The number of hydrogen-bond acceptors (Lipinski definition) is 3. The lowest BCUT2D eigenvalue weighted by Gasteiger charge is -2.28. The second-order valence-corrected chi connectivity index (χ2v) is 9.48. The van der Waals surface area contributed by atoms with Crippen LogP contribution in [0.1, 0.15) is 40.5 Å². The van der Waals surface area contributed by atoms with Gasteiger partial charge in [0.2, 0.25) is 5.91 Å². The highest BCUT2D eigenvalue weighted by atomic mass is 32.2. The lowest BCUT2D eigenvalue weighted by atomic mass is 10.1. The van der Waals surface area contributed by atoms with Crippen LogP contribution in [0.25, 0.3) is 0 Å². The van der Waals surface area contributed by atoms with Gasteiger partial charge in [-0.2, -0.15) is 17.0 Å². The maximum Gasteiger partial charge on any atom is 0.282 e. The Kier molecular flexibility index (Phi) is 9.25. The van der Waals surface area contributed by atoms with Crippen LogP contribution >= 0.6 is 0 Å². The van der Waals surface area contributed by atoms with Crippen LogP contribution in [0.3, 0.4) is 0 Å². The molecule has 0 saturated heterocycles. The summed E-state index contributed by atoms with van der Waals surface area (Å²) in [5, 5.41) is 2.72. The Morgan fingerprint density at radius 1 is 1.00 bits per heavy atom. The van der Waals surface area contributed by atoms with Crippen LogP contribution in [0.15, 0.2) is 30.3 Å². The number of nitrogens with zero attached hydrogens (tertiary/aromatic N) is 2. The zero-order valence-electron chi connectivity index (χ0n) is 16.6. The molecule has 0 spiro atoms. The summed E-state index contributed by atoms with van der Waals surface area (Å²) in [6.45, 7) is 9.02. The standard InChI is InChI=1S/C19H33N3O3S/c1-16(2)11-13-22(14-12-17(3)4)26(24,25)21(5)15-19(23)20-18-9-7-6-8-10-18/h6-10,16-17H,11-15H2,1-5H3,(H,20,23). The van der Waals surface area contributed by atoms with E-state index in [0.717, 1.165) is 17.1 Å². The van der Waals surface area contributed by atoms with Crippen LogP contribution in [0.4, 0.5) is 5.69 Å². The third kappa shape index (κ3) is 7.85. The van der Waals surface area contributed by atoms with E-state index in [1.807, 2.05) is 18.2 Å². The van der Waals surface area contributed by atoms with E-state index in [0.29, 0.717) is 30.6 Å². The lowest BCUT2D eigenvalue weighted by molar-refractivity contribution is -0.116. The molecule has 0 bridgehead atoms. The number of likely N-dealkylation sites (N-methyl/N-ethyl adjacent to an activating group) is 1. The molecule has 0 heterocycles. The van der Waals surface area contributed by atoms with E-state index in [4.69, 9.17) is 0 Å².